The molecule has 0 N–H and O–H groups in total. The lowest BCUT2D eigenvalue weighted by Gasteiger charge is -1.97. The smallest absolute Gasteiger partial charge is 0.0517 e. The molecule has 0 saturated carbocycles. The average Bonchev–Trinajstić information content (AvgIpc) is 1.92. The van der Waals surface area contributed by atoms with Crippen LogP contribution in [0.4, 0.5) is 0 Å². The minimum atomic E-state index is -2.13. The van der Waals surface area contributed by atoms with Crippen molar-refractivity contribution in [3.63, 3.8) is 0 Å². The summed E-state index contributed by atoms with van der Waals surface area (Å²) in [4.78, 5) is 3.80. The van der Waals surface area contributed by atoms with Crippen LogP contribution in [0.1, 0.15) is 15.4 Å². The van der Waals surface area contributed by atoms with Gasteiger partial charge in [-0.25, -0.2) is 0 Å². The van der Waals surface area contributed by atoms with Crippen LogP contribution in [-0.2, 0) is 0 Å². The van der Waals surface area contributed by atoms with Gasteiger partial charge in [0.25, 0.3) is 0 Å². The number of nitrogens with zero attached hydrogens (tertiary/aromatic N) is 1. The highest BCUT2D eigenvalue weighted by Crippen LogP contribution is 2.16. The third-order valence-electron chi connectivity index (χ3n) is 1.08. The van der Waals surface area contributed by atoms with Gasteiger partial charge in [-0.1, -0.05) is 0 Å². The SMILES string of the molecule is [2H]C([2H])([2H])c1nccc(C)c1Br. The van der Waals surface area contributed by atoms with Crippen LogP contribution in [0.5, 0.6) is 0 Å². The Hall–Kier alpha value is -0.370. The minimum absolute atomic E-state index is 0.127. The maximum atomic E-state index is 7.15. The molecule has 0 unspecified atom stereocenters. The molecule has 9 heavy (non-hydrogen) atoms. The summed E-state index contributed by atoms with van der Waals surface area (Å²) in [6.45, 7) is -0.300. The lowest BCUT2D eigenvalue weighted by atomic mass is 10.3. The van der Waals surface area contributed by atoms with Gasteiger partial charge in [-0.05, 0) is 41.3 Å². The van der Waals surface area contributed by atoms with E-state index in [1.807, 2.05) is 6.92 Å². The van der Waals surface area contributed by atoms with E-state index < -0.39 is 6.85 Å². The summed E-state index contributed by atoms with van der Waals surface area (Å²) in [5.74, 6) is 0. The average molecular weight is 189 g/mol. The number of hydrogen-bond acceptors (Lipinski definition) is 1. The van der Waals surface area contributed by atoms with Gasteiger partial charge in [0.2, 0.25) is 0 Å². The highest BCUT2D eigenvalue weighted by molar-refractivity contribution is 9.10. The minimum Gasteiger partial charge on any atom is -0.260 e. The number of rotatable bonds is 0. The van der Waals surface area contributed by atoms with Gasteiger partial charge in [0, 0.05) is 14.8 Å². The molecule has 1 heterocycles. The quantitative estimate of drug-likeness (QED) is 0.610. The molecule has 1 rings (SSSR count). The molecular weight excluding hydrogens is 178 g/mol. The van der Waals surface area contributed by atoms with E-state index in [1.54, 1.807) is 6.07 Å². The molecule has 0 bridgehead atoms. The molecule has 0 atom stereocenters. The van der Waals surface area contributed by atoms with E-state index in [0.29, 0.717) is 4.47 Å². The van der Waals surface area contributed by atoms with Crippen molar-refractivity contribution in [2.75, 3.05) is 0 Å². The first-order valence-electron chi connectivity index (χ1n) is 4.04. The third kappa shape index (κ3) is 1.30. The fraction of sp³-hybridized carbons (Fsp3) is 0.286. The summed E-state index contributed by atoms with van der Waals surface area (Å²) >= 11 is 3.19. The van der Waals surface area contributed by atoms with Crippen molar-refractivity contribution in [3.8, 4) is 0 Å². The summed E-state index contributed by atoms with van der Waals surface area (Å²) in [7, 11) is 0. The maximum Gasteiger partial charge on any atom is 0.0517 e. The largest absolute Gasteiger partial charge is 0.260 e. The van der Waals surface area contributed by atoms with E-state index >= 15 is 0 Å². The highest BCUT2D eigenvalue weighted by Gasteiger charge is 1.95. The second-order valence-corrected chi connectivity index (χ2v) is 2.58. The van der Waals surface area contributed by atoms with E-state index in [4.69, 9.17) is 4.11 Å². The van der Waals surface area contributed by atoms with Crippen molar-refractivity contribution in [1.29, 1.82) is 0 Å². The van der Waals surface area contributed by atoms with Crippen LogP contribution >= 0.6 is 15.9 Å². The fourth-order valence-corrected chi connectivity index (χ4v) is 0.775. The summed E-state index contributed by atoms with van der Waals surface area (Å²) < 4.78 is 22.0. The van der Waals surface area contributed by atoms with Crippen molar-refractivity contribution in [1.82, 2.24) is 4.98 Å². The zero-order chi connectivity index (χ0) is 9.35. The molecule has 1 aromatic rings. The lowest BCUT2D eigenvalue weighted by Crippen LogP contribution is -1.83. The summed E-state index contributed by atoms with van der Waals surface area (Å²) in [6.07, 6.45) is 1.50. The summed E-state index contributed by atoms with van der Waals surface area (Å²) in [5, 5.41) is 0. The van der Waals surface area contributed by atoms with Crippen molar-refractivity contribution in [3.05, 3.63) is 28.0 Å². The Morgan fingerprint density at radius 3 is 3.11 bits per heavy atom. The molecule has 0 aromatic carbocycles. The topological polar surface area (TPSA) is 12.9 Å². The van der Waals surface area contributed by atoms with E-state index in [2.05, 4.69) is 20.9 Å². The van der Waals surface area contributed by atoms with E-state index in [0.717, 1.165) is 5.56 Å². The molecule has 0 aliphatic carbocycles. The maximum absolute atomic E-state index is 7.15. The van der Waals surface area contributed by atoms with E-state index in [-0.39, 0.29) is 5.69 Å². The van der Waals surface area contributed by atoms with Gasteiger partial charge in [-0.3, -0.25) is 4.98 Å². The second kappa shape index (κ2) is 2.48. The zero-order valence-corrected chi connectivity index (χ0v) is 6.57. The lowest BCUT2D eigenvalue weighted by molar-refractivity contribution is 1.15. The Kier molecular flexibility index (Phi) is 1.02. The van der Waals surface area contributed by atoms with Crippen LogP contribution in [0.2, 0.25) is 0 Å². The Morgan fingerprint density at radius 1 is 1.78 bits per heavy atom. The predicted octanol–water partition coefficient (Wildman–Crippen LogP) is 2.46. The van der Waals surface area contributed by atoms with Crippen LogP contribution in [-0.4, -0.2) is 4.98 Å². The highest BCUT2D eigenvalue weighted by atomic mass is 79.9. The molecular formula is C7H8BrN. The van der Waals surface area contributed by atoms with Crippen LogP contribution < -0.4 is 0 Å². The first-order chi connectivity index (χ1) is 5.43. The molecule has 0 amide bonds. The van der Waals surface area contributed by atoms with Gasteiger partial charge < -0.3 is 0 Å². The normalized spacial score (nSPS) is 16.0. The Balaban J connectivity index is 3.26. The van der Waals surface area contributed by atoms with Crippen molar-refractivity contribution < 1.29 is 4.11 Å². The van der Waals surface area contributed by atoms with Gasteiger partial charge >= 0.3 is 0 Å². The summed E-state index contributed by atoms with van der Waals surface area (Å²) in [6, 6.07) is 1.76. The Morgan fingerprint density at radius 2 is 2.56 bits per heavy atom. The van der Waals surface area contributed by atoms with Gasteiger partial charge in [0.1, 0.15) is 0 Å². The standard InChI is InChI=1S/C7H8BrN/c1-5-3-4-9-6(2)7(5)8/h3-4H,1-2H3/i2D3. The van der Waals surface area contributed by atoms with E-state index in [9.17, 15) is 0 Å². The van der Waals surface area contributed by atoms with Crippen LogP contribution in [0.3, 0.4) is 0 Å². The van der Waals surface area contributed by atoms with Crippen molar-refractivity contribution in [2.45, 2.75) is 13.8 Å². The molecule has 1 nitrogen and oxygen atoms in total. The van der Waals surface area contributed by atoms with Crippen molar-refractivity contribution in [2.24, 2.45) is 0 Å². The monoisotopic (exact) mass is 188 g/mol. The molecule has 1 aromatic heterocycles. The molecule has 48 valence electrons. The number of aromatic nitrogens is 1. The Labute approximate surface area is 67.5 Å². The molecule has 0 fully saturated rings. The van der Waals surface area contributed by atoms with Gasteiger partial charge in [-0.15, -0.1) is 0 Å². The van der Waals surface area contributed by atoms with Gasteiger partial charge in [-0.2, -0.15) is 0 Å². The van der Waals surface area contributed by atoms with Gasteiger partial charge in [0.05, 0.1) is 5.69 Å². The molecule has 2 heteroatoms. The van der Waals surface area contributed by atoms with Crippen LogP contribution in [0.25, 0.3) is 0 Å². The summed E-state index contributed by atoms with van der Waals surface area (Å²) in [5.41, 5.74) is 1.01. The third-order valence-corrected chi connectivity index (χ3v) is 2.08. The zero-order valence-electron chi connectivity index (χ0n) is 7.98. The second-order valence-electron chi connectivity index (χ2n) is 1.79. The van der Waals surface area contributed by atoms with E-state index in [1.165, 1.54) is 6.20 Å². The first kappa shape index (κ1) is 3.71. The molecule has 0 spiro atoms. The van der Waals surface area contributed by atoms with Crippen LogP contribution in [0, 0.1) is 13.8 Å². The fourth-order valence-electron chi connectivity index (χ4n) is 0.540. The number of aryl methyl sites for hydroxylation is 2. The number of hydrogen-bond donors (Lipinski definition) is 0. The van der Waals surface area contributed by atoms with Crippen LogP contribution in [0.15, 0.2) is 16.7 Å². The molecule has 0 saturated heterocycles. The molecule has 0 aliphatic heterocycles. The predicted molar refractivity (Wildman–Crippen MR) is 41.4 cm³/mol. The number of pyridine rings is 1. The Bertz CT molecular complexity index is 295. The molecule has 0 aliphatic rings. The van der Waals surface area contributed by atoms with Crippen molar-refractivity contribution >= 4 is 15.9 Å². The number of halogens is 1. The first-order valence-corrected chi connectivity index (χ1v) is 3.34. The van der Waals surface area contributed by atoms with Gasteiger partial charge in [0.15, 0.2) is 0 Å². The molecule has 0 radical (unpaired) electrons.